The van der Waals surface area contributed by atoms with Gasteiger partial charge in [-0.3, -0.25) is 4.98 Å². The zero-order chi connectivity index (χ0) is 20.8. The van der Waals surface area contributed by atoms with Gasteiger partial charge in [0.25, 0.3) is 0 Å². The number of aryl methyl sites for hydroxylation is 1. The van der Waals surface area contributed by atoms with Crippen molar-refractivity contribution in [1.29, 1.82) is 0 Å². The van der Waals surface area contributed by atoms with Crippen LogP contribution in [0.15, 0.2) is 69.9 Å². The number of carbonyl (C=O) groups is 1. The molecule has 2 heterocycles. The summed E-state index contributed by atoms with van der Waals surface area (Å²) < 4.78 is 16.9. The fraction of sp³-hybridized carbons (Fsp3) is 0.182. The molecule has 0 spiro atoms. The Hall–Kier alpha value is -3.26. The number of pyridine rings is 1. The second-order valence-corrected chi connectivity index (χ2v) is 7.26. The van der Waals surface area contributed by atoms with E-state index in [1.807, 2.05) is 48.5 Å². The van der Waals surface area contributed by atoms with E-state index in [1.165, 1.54) is 0 Å². The Morgan fingerprint density at radius 2 is 2.00 bits per heavy atom. The molecular weight excluding hydrogens is 450 g/mol. The Balaban J connectivity index is 1.21. The molecule has 4 rings (SSSR count). The summed E-state index contributed by atoms with van der Waals surface area (Å²) in [6.07, 6.45) is 4.43. The van der Waals surface area contributed by atoms with E-state index in [1.54, 1.807) is 12.4 Å². The number of aromatic nitrogens is 3. The number of benzene rings is 2. The van der Waals surface area contributed by atoms with E-state index >= 15 is 0 Å². The third-order valence-corrected chi connectivity index (χ3v) is 5.18. The van der Waals surface area contributed by atoms with Gasteiger partial charge in [0.1, 0.15) is 5.75 Å². The van der Waals surface area contributed by atoms with Crippen LogP contribution in [0.4, 0.5) is 0 Å². The van der Waals surface area contributed by atoms with Crippen molar-refractivity contribution in [2.24, 2.45) is 0 Å². The minimum Gasteiger partial charge on any atom is -0.481 e. The van der Waals surface area contributed by atoms with Crippen LogP contribution in [0.5, 0.6) is 5.75 Å². The monoisotopic (exact) mass is 467 g/mol. The molecule has 0 N–H and O–H groups in total. The van der Waals surface area contributed by atoms with E-state index < -0.39 is 5.97 Å². The standard InChI is InChI=1S/C22H18BrN3O4/c23-21-17-7-2-1-5-15(17)9-10-18(21)29-14-20(27)28-12-4-8-19-25-22(26-30-19)16-6-3-11-24-13-16/h1-3,5-7,9-11,13H,4,8,12,14H2. The van der Waals surface area contributed by atoms with E-state index in [2.05, 4.69) is 31.1 Å². The number of hydrogen-bond acceptors (Lipinski definition) is 7. The molecule has 2 aromatic heterocycles. The molecule has 0 saturated carbocycles. The molecule has 2 aromatic carbocycles. The molecule has 8 heteroatoms. The molecule has 0 bridgehead atoms. The number of hydrogen-bond donors (Lipinski definition) is 0. The summed E-state index contributed by atoms with van der Waals surface area (Å²) in [7, 11) is 0. The second kappa shape index (κ2) is 9.49. The highest BCUT2D eigenvalue weighted by Crippen LogP contribution is 2.33. The van der Waals surface area contributed by atoms with Gasteiger partial charge < -0.3 is 14.0 Å². The Morgan fingerprint density at radius 3 is 2.87 bits per heavy atom. The largest absolute Gasteiger partial charge is 0.481 e. The minimum absolute atomic E-state index is 0.164. The first-order chi connectivity index (χ1) is 14.7. The topological polar surface area (TPSA) is 87.3 Å². The van der Waals surface area contributed by atoms with Gasteiger partial charge in [0.2, 0.25) is 11.7 Å². The summed E-state index contributed by atoms with van der Waals surface area (Å²) in [6.45, 7) is 0.0777. The highest BCUT2D eigenvalue weighted by atomic mass is 79.9. The maximum atomic E-state index is 12.0. The van der Waals surface area contributed by atoms with Crippen LogP contribution in [0.1, 0.15) is 12.3 Å². The zero-order valence-electron chi connectivity index (χ0n) is 16.0. The lowest BCUT2D eigenvalue weighted by Gasteiger charge is -2.10. The first-order valence-electron chi connectivity index (χ1n) is 9.39. The van der Waals surface area contributed by atoms with Gasteiger partial charge in [0.15, 0.2) is 6.61 Å². The van der Waals surface area contributed by atoms with Crippen LogP contribution in [0.2, 0.25) is 0 Å². The molecule has 0 aliphatic heterocycles. The van der Waals surface area contributed by atoms with Gasteiger partial charge >= 0.3 is 5.97 Å². The predicted molar refractivity (Wildman–Crippen MR) is 114 cm³/mol. The van der Waals surface area contributed by atoms with Crippen LogP contribution in [0.25, 0.3) is 22.2 Å². The van der Waals surface area contributed by atoms with Gasteiger partial charge in [0.05, 0.1) is 11.1 Å². The van der Waals surface area contributed by atoms with Gasteiger partial charge in [0, 0.05) is 24.4 Å². The van der Waals surface area contributed by atoms with E-state index in [0.29, 0.717) is 30.3 Å². The summed E-state index contributed by atoms with van der Waals surface area (Å²) >= 11 is 3.54. The summed E-state index contributed by atoms with van der Waals surface area (Å²) in [5.41, 5.74) is 0.788. The number of nitrogens with zero attached hydrogens (tertiary/aromatic N) is 3. The Labute approximate surface area is 181 Å². The zero-order valence-corrected chi connectivity index (χ0v) is 17.5. The van der Waals surface area contributed by atoms with Crippen LogP contribution >= 0.6 is 15.9 Å². The predicted octanol–water partition coefficient (Wildman–Crippen LogP) is 4.60. The minimum atomic E-state index is -0.434. The first kappa shape index (κ1) is 20.0. The molecule has 0 aliphatic rings. The van der Waals surface area contributed by atoms with E-state index in [4.69, 9.17) is 14.0 Å². The number of fused-ring (bicyclic) bond motifs is 1. The van der Waals surface area contributed by atoms with Crippen molar-refractivity contribution < 1.29 is 18.8 Å². The van der Waals surface area contributed by atoms with Crippen molar-refractivity contribution in [3.05, 3.63) is 71.3 Å². The van der Waals surface area contributed by atoms with Crippen molar-refractivity contribution in [3.63, 3.8) is 0 Å². The van der Waals surface area contributed by atoms with Crippen molar-refractivity contribution in [1.82, 2.24) is 15.1 Å². The number of esters is 1. The third kappa shape index (κ3) is 4.83. The van der Waals surface area contributed by atoms with E-state index in [-0.39, 0.29) is 13.2 Å². The summed E-state index contributed by atoms with van der Waals surface area (Å²) in [5, 5.41) is 6.05. The average Bonchev–Trinajstić information content (AvgIpc) is 3.26. The van der Waals surface area contributed by atoms with Crippen LogP contribution in [-0.4, -0.2) is 34.3 Å². The molecule has 0 fully saturated rings. The fourth-order valence-corrected chi connectivity index (χ4v) is 3.49. The maximum Gasteiger partial charge on any atom is 0.344 e. The Morgan fingerprint density at radius 1 is 1.10 bits per heavy atom. The lowest BCUT2D eigenvalue weighted by Crippen LogP contribution is -2.16. The smallest absolute Gasteiger partial charge is 0.344 e. The summed E-state index contributed by atoms with van der Waals surface area (Å²) in [6, 6.07) is 15.4. The van der Waals surface area contributed by atoms with Crippen molar-refractivity contribution in [2.45, 2.75) is 12.8 Å². The molecular formula is C22H18BrN3O4. The van der Waals surface area contributed by atoms with Crippen molar-refractivity contribution in [3.8, 4) is 17.1 Å². The third-order valence-electron chi connectivity index (χ3n) is 4.36. The van der Waals surface area contributed by atoms with Crippen LogP contribution in [0, 0.1) is 0 Å². The van der Waals surface area contributed by atoms with Gasteiger partial charge in [-0.15, -0.1) is 0 Å². The average molecular weight is 468 g/mol. The van der Waals surface area contributed by atoms with Crippen LogP contribution in [0.3, 0.4) is 0 Å². The van der Waals surface area contributed by atoms with Crippen LogP contribution in [-0.2, 0) is 16.0 Å². The molecule has 4 aromatic rings. The second-order valence-electron chi connectivity index (χ2n) is 6.46. The van der Waals surface area contributed by atoms with Gasteiger partial charge in [-0.25, -0.2) is 4.79 Å². The number of ether oxygens (including phenoxy) is 2. The molecule has 0 amide bonds. The maximum absolute atomic E-state index is 12.0. The van der Waals surface area contributed by atoms with Crippen molar-refractivity contribution in [2.75, 3.05) is 13.2 Å². The molecule has 0 aliphatic carbocycles. The van der Waals surface area contributed by atoms with Gasteiger partial charge in [-0.2, -0.15) is 4.98 Å². The van der Waals surface area contributed by atoms with Gasteiger partial charge in [-0.1, -0.05) is 35.5 Å². The Bertz CT molecular complexity index is 1150. The first-order valence-corrected chi connectivity index (χ1v) is 10.2. The van der Waals surface area contributed by atoms with Crippen LogP contribution < -0.4 is 4.74 Å². The number of halogens is 1. The highest BCUT2D eigenvalue weighted by Gasteiger charge is 2.11. The quantitative estimate of drug-likeness (QED) is 0.276. The summed E-state index contributed by atoms with van der Waals surface area (Å²) in [5.74, 6) is 1.14. The molecule has 7 nitrogen and oxygen atoms in total. The fourth-order valence-electron chi connectivity index (χ4n) is 2.88. The molecule has 0 saturated heterocycles. The number of carbonyl (C=O) groups excluding carboxylic acids is 1. The number of rotatable bonds is 8. The highest BCUT2D eigenvalue weighted by molar-refractivity contribution is 9.10. The van der Waals surface area contributed by atoms with Gasteiger partial charge in [-0.05, 0) is 51.3 Å². The van der Waals surface area contributed by atoms with E-state index in [9.17, 15) is 4.79 Å². The summed E-state index contributed by atoms with van der Waals surface area (Å²) in [4.78, 5) is 20.3. The molecule has 30 heavy (non-hydrogen) atoms. The molecule has 0 atom stereocenters. The Kier molecular flexibility index (Phi) is 6.34. The SMILES string of the molecule is O=C(COc1ccc2ccccc2c1Br)OCCCc1nc(-c2cccnc2)no1. The molecule has 0 unspecified atom stereocenters. The molecule has 0 radical (unpaired) electrons. The normalized spacial score (nSPS) is 10.8. The van der Waals surface area contributed by atoms with E-state index in [0.717, 1.165) is 20.8 Å². The molecule has 152 valence electrons. The van der Waals surface area contributed by atoms with Crippen molar-refractivity contribution >= 4 is 32.7 Å². The lowest BCUT2D eigenvalue weighted by molar-refractivity contribution is -0.146. The lowest BCUT2D eigenvalue weighted by atomic mass is 10.1.